The standard InChI is InChI=1S/C19H25BrN2O3S2/c1-3-22(4-2)18(16-8-9-26-12-16)11-21-19(23)14-27(24,25)13-15-6-5-7-17(20)10-15/h5-10,12,18H,3-4,11,13-14H2,1-2H3,(H,21,23). The molecule has 8 heteroatoms. The van der Waals surface area contributed by atoms with Gasteiger partial charge in [0.1, 0.15) is 5.75 Å². The molecule has 1 amide bonds. The maximum absolute atomic E-state index is 12.4. The Morgan fingerprint density at radius 1 is 1.26 bits per heavy atom. The predicted octanol–water partition coefficient (Wildman–Crippen LogP) is 3.62. The molecule has 0 radical (unpaired) electrons. The van der Waals surface area contributed by atoms with E-state index in [1.54, 1.807) is 29.5 Å². The van der Waals surface area contributed by atoms with Crippen LogP contribution >= 0.6 is 27.3 Å². The quantitative estimate of drug-likeness (QED) is 0.573. The maximum Gasteiger partial charge on any atom is 0.235 e. The van der Waals surface area contributed by atoms with E-state index in [-0.39, 0.29) is 11.8 Å². The molecule has 0 aliphatic rings. The number of carbonyl (C=O) groups is 1. The summed E-state index contributed by atoms with van der Waals surface area (Å²) in [6, 6.07) is 9.20. The monoisotopic (exact) mass is 472 g/mol. The van der Waals surface area contributed by atoms with E-state index in [4.69, 9.17) is 0 Å². The molecule has 148 valence electrons. The highest BCUT2D eigenvalue weighted by Crippen LogP contribution is 2.22. The number of benzene rings is 1. The molecule has 0 saturated heterocycles. The van der Waals surface area contributed by atoms with Crippen LogP contribution in [0, 0.1) is 0 Å². The van der Waals surface area contributed by atoms with Crippen LogP contribution in [-0.2, 0) is 20.4 Å². The van der Waals surface area contributed by atoms with Gasteiger partial charge in [0, 0.05) is 11.0 Å². The summed E-state index contributed by atoms with van der Waals surface area (Å²) in [7, 11) is -3.53. The van der Waals surface area contributed by atoms with Gasteiger partial charge in [-0.05, 0) is 53.2 Å². The molecular formula is C19H25BrN2O3S2. The van der Waals surface area contributed by atoms with Crippen molar-refractivity contribution in [3.63, 3.8) is 0 Å². The van der Waals surface area contributed by atoms with Gasteiger partial charge >= 0.3 is 0 Å². The third-order valence-electron chi connectivity index (χ3n) is 4.30. The molecule has 1 aromatic carbocycles. The number of amides is 1. The van der Waals surface area contributed by atoms with Gasteiger partial charge in [-0.1, -0.05) is 41.9 Å². The topological polar surface area (TPSA) is 66.5 Å². The molecule has 5 nitrogen and oxygen atoms in total. The van der Waals surface area contributed by atoms with Crippen LogP contribution in [0.5, 0.6) is 0 Å². The summed E-state index contributed by atoms with van der Waals surface area (Å²) in [6.45, 7) is 6.26. The van der Waals surface area contributed by atoms with Crippen LogP contribution in [0.2, 0.25) is 0 Å². The molecule has 1 N–H and O–H groups in total. The Bertz CT molecular complexity index is 834. The molecule has 2 rings (SSSR count). The number of hydrogen-bond acceptors (Lipinski definition) is 5. The number of nitrogens with one attached hydrogen (secondary N) is 1. The van der Waals surface area contributed by atoms with Crippen molar-refractivity contribution in [3.05, 3.63) is 56.7 Å². The first kappa shape index (κ1) is 22.1. The van der Waals surface area contributed by atoms with Crippen molar-refractivity contribution in [2.45, 2.75) is 25.6 Å². The first-order valence-electron chi connectivity index (χ1n) is 8.82. The van der Waals surface area contributed by atoms with Crippen LogP contribution in [0.15, 0.2) is 45.6 Å². The van der Waals surface area contributed by atoms with Crippen molar-refractivity contribution >= 4 is 43.0 Å². The summed E-state index contributed by atoms with van der Waals surface area (Å²) < 4.78 is 25.5. The minimum atomic E-state index is -3.53. The summed E-state index contributed by atoms with van der Waals surface area (Å²) in [6.07, 6.45) is 0. The lowest BCUT2D eigenvalue weighted by Crippen LogP contribution is -2.39. The van der Waals surface area contributed by atoms with E-state index >= 15 is 0 Å². The zero-order valence-electron chi connectivity index (χ0n) is 15.5. The number of carbonyl (C=O) groups excluding carboxylic acids is 1. The van der Waals surface area contributed by atoms with Crippen molar-refractivity contribution in [1.82, 2.24) is 10.2 Å². The van der Waals surface area contributed by atoms with Gasteiger partial charge in [0.25, 0.3) is 0 Å². The molecule has 0 saturated carbocycles. The number of likely N-dealkylation sites (N-methyl/N-ethyl adjacent to an activating group) is 1. The van der Waals surface area contributed by atoms with Gasteiger partial charge in [-0.25, -0.2) is 8.42 Å². The minimum Gasteiger partial charge on any atom is -0.353 e. The number of hydrogen-bond donors (Lipinski definition) is 1. The fourth-order valence-corrected chi connectivity index (χ4v) is 5.42. The smallest absolute Gasteiger partial charge is 0.235 e. The largest absolute Gasteiger partial charge is 0.353 e. The van der Waals surface area contributed by atoms with Crippen molar-refractivity contribution in [3.8, 4) is 0 Å². The van der Waals surface area contributed by atoms with Gasteiger partial charge in [0.05, 0.1) is 11.8 Å². The average molecular weight is 473 g/mol. The predicted molar refractivity (Wildman–Crippen MR) is 115 cm³/mol. The van der Waals surface area contributed by atoms with Crippen LogP contribution in [-0.4, -0.2) is 44.6 Å². The molecule has 1 atom stereocenters. The summed E-state index contributed by atoms with van der Waals surface area (Å²) in [5.74, 6) is -1.12. The Kier molecular flexibility index (Phi) is 8.47. The summed E-state index contributed by atoms with van der Waals surface area (Å²) in [4.78, 5) is 14.5. The SMILES string of the molecule is CCN(CC)C(CNC(=O)CS(=O)(=O)Cc1cccc(Br)c1)c1ccsc1. The first-order valence-corrected chi connectivity index (χ1v) is 12.4. The molecule has 1 unspecified atom stereocenters. The van der Waals surface area contributed by atoms with Gasteiger partial charge in [-0.15, -0.1) is 0 Å². The van der Waals surface area contributed by atoms with Gasteiger partial charge in [-0.3, -0.25) is 9.69 Å². The molecule has 0 bridgehead atoms. The van der Waals surface area contributed by atoms with E-state index in [0.717, 1.165) is 23.1 Å². The van der Waals surface area contributed by atoms with Crippen LogP contribution in [0.25, 0.3) is 0 Å². The van der Waals surface area contributed by atoms with Crippen LogP contribution in [0.3, 0.4) is 0 Å². The minimum absolute atomic E-state index is 0.0444. The van der Waals surface area contributed by atoms with Gasteiger partial charge in [-0.2, -0.15) is 11.3 Å². The fraction of sp³-hybridized carbons (Fsp3) is 0.421. The molecule has 0 aliphatic heterocycles. The molecule has 1 heterocycles. The lowest BCUT2D eigenvalue weighted by atomic mass is 10.1. The van der Waals surface area contributed by atoms with E-state index in [9.17, 15) is 13.2 Å². The summed E-state index contributed by atoms with van der Waals surface area (Å²) in [5.41, 5.74) is 1.80. The highest BCUT2D eigenvalue weighted by molar-refractivity contribution is 9.10. The zero-order valence-corrected chi connectivity index (χ0v) is 18.7. The summed E-state index contributed by atoms with van der Waals surface area (Å²) >= 11 is 4.94. The van der Waals surface area contributed by atoms with Crippen molar-refractivity contribution < 1.29 is 13.2 Å². The highest BCUT2D eigenvalue weighted by atomic mass is 79.9. The van der Waals surface area contributed by atoms with E-state index in [1.807, 2.05) is 17.5 Å². The fourth-order valence-electron chi connectivity index (χ4n) is 2.98. The van der Waals surface area contributed by atoms with E-state index < -0.39 is 21.5 Å². The number of rotatable bonds is 10. The van der Waals surface area contributed by atoms with E-state index in [1.165, 1.54) is 0 Å². The van der Waals surface area contributed by atoms with Crippen molar-refractivity contribution in [2.24, 2.45) is 0 Å². The third kappa shape index (κ3) is 7.03. The van der Waals surface area contributed by atoms with Crippen molar-refractivity contribution in [1.29, 1.82) is 0 Å². The molecule has 2 aromatic rings. The van der Waals surface area contributed by atoms with Crippen LogP contribution < -0.4 is 5.32 Å². The van der Waals surface area contributed by atoms with Crippen molar-refractivity contribution in [2.75, 3.05) is 25.4 Å². The number of thiophene rings is 1. The number of sulfone groups is 1. The second-order valence-electron chi connectivity index (χ2n) is 6.26. The Morgan fingerprint density at radius 2 is 2.00 bits per heavy atom. The molecule has 27 heavy (non-hydrogen) atoms. The lowest BCUT2D eigenvalue weighted by Gasteiger charge is -2.29. The van der Waals surface area contributed by atoms with Crippen LogP contribution in [0.4, 0.5) is 0 Å². The molecule has 0 aliphatic carbocycles. The zero-order chi connectivity index (χ0) is 19.9. The summed E-state index contributed by atoms with van der Waals surface area (Å²) in [5, 5.41) is 6.89. The van der Waals surface area contributed by atoms with E-state index in [0.29, 0.717) is 12.1 Å². The second-order valence-corrected chi connectivity index (χ2v) is 10.0. The maximum atomic E-state index is 12.4. The normalized spacial score (nSPS) is 12.9. The Morgan fingerprint density at radius 3 is 2.59 bits per heavy atom. The lowest BCUT2D eigenvalue weighted by molar-refractivity contribution is -0.118. The first-order chi connectivity index (χ1) is 12.8. The van der Waals surface area contributed by atoms with Gasteiger partial charge < -0.3 is 5.32 Å². The number of halogens is 1. The molecular weight excluding hydrogens is 448 g/mol. The third-order valence-corrected chi connectivity index (χ3v) is 6.97. The number of nitrogens with zero attached hydrogens (tertiary/aromatic N) is 1. The van der Waals surface area contributed by atoms with Gasteiger partial charge in [0.2, 0.25) is 5.91 Å². The Hall–Kier alpha value is -1.22. The highest BCUT2D eigenvalue weighted by Gasteiger charge is 2.22. The second kappa shape index (κ2) is 10.4. The van der Waals surface area contributed by atoms with E-state index in [2.05, 4.69) is 45.4 Å². The van der Waals surface area contributed by atoms with Crippen LogP contribution in [0.1, 0.15) is 31.0 Å². The molecule has 1 aromatic heterocycles. The molecule has 0 spiro atoms. The Balaban J connectivity index is 1.96. The van der Waals surface area contributed by atoms with Gasteiger partial charge in [0.15, 0.2) is 9.84 Å². The average Bonchev–Trinajstić information content (AvgIpc) is 3.11. The Labute approximate surface area is 173 Å². The molecule has 0 fully saturated rings.